The molecule has 0 aliphatic carbocycles. The molecule has 6 nitrogen and oxygen atoms in total. The van der Waals surface area contributed by atoms with Crippen molar-refractivity contribution in [3.05, 3.63) is 23.5 Å². The van der Waals surface area contributed by atoms with Gasteiger partial charge in [-0.1, -0.05) is 0 Å². The lowest BCUT2D eigenvalue weighted by atomic mass is 10.1. The summed E-state index contributed by atoms with van der Waals surface area (Å²) in [6.07, 6.45) is 2.61. The van der Waals surface area contributed by atoms with Gasteiger partial charge in [0.25, 0.3) is 5.91 Å². The highest BCUT2D eigenvalue weighted by Gasteiger charge is 2.27. The van der Waals surface area contributed by atoms with Crippen LogP contribution in [-0.4, -0.2) is 44.7 Å². The molecule has 0 aromatic carbocycles. The highest BCUT2D eigenvalue weighted by molar-refractivity contribution is 6.05. The summed E-state index contributed by atoms with van der Waals surface area (Å²) in [5, 5.41) is 5.20. The van der Waals surface area contributed by atoms with Gasteiger partial charge < -0.3 is 10.6 Å². The molecule has 1 amide bonds. The monoisotopic (exact) mass is 287 g/mol. The highest BCUT2D eigenvalue weighted by Crippen LogP contribution is 2.23. The minimum atomic E-state index is 0.0294. The third-order valence-corrected chi connectivity index (χ3v) is 3.93. The van der Waals surface area contributed by atoms with Gasteiger partial charge in [-0.25, -0.2) is 9.67 Å². The highest BCUT2D eigenvalue weighted by atomic mass is 16.2. The zero-order chi connectivity index (χ0) is 15.1. The Morgan fingerprint density at radius 1 is 1.48 bits per heavy atom. The number of carbonyl (C=O) groups excluding carboxylic acids is 1. The number of nitrogens with zero attached hydrogens (tertiary/aromatic N) is 4. The lowest BCUT2D eigenvalue weighted by Gasteiger charge is -2.16. The van der Waals surface area contributed by atoms with Gasteiger partial charge in [0.05, 0.1) is 17.1 Å². The topological polar surface area (TPSA) is 77.0 Å². The van der Waals surface area contributed by atoms with Gasteiger partial charge in [-0.15, -0.1) is 0 Å². The van der Waals surface area contributed by atoms with Crippen molar-refractivity contribution in [2.45, 2.75) is 39.3 Å². The lowest BCUT2D eigenvalue weighted by Crippen LogP contribution is -2.32. The standard InChI is InChI=1S/C15H21N5O/c1-9(2)20-14-13(7-17-20)12(6-10(3)18-14)15(21)19-5-4-11(16)8-19/h6-7,9,11H,4-5,8,16H2,1-3H3/t11-/m1/s1. The summed E-state index contributed by atoms with van der Waals surface area (Å²) in [6.45, 7) is 7.36. The number of hydrogen-bond acceptors (Lipinski definition) is 4. The number of rotatable bonds is 2. The average Bonchev–Trinajstić information content (AvgIpc) is 3.03. The molecule has 1 aliphatic rings. The second-order valence-corrected chi connectivity index (χ2v) is 6.03. The fraction of sp³-hybridized carbons (Fsp3) is 0.533. The first-order chi connectivity index (χ1) is 9.97. The third-order valence-electron chi connectivity index (χ3n) is 3.93. The summed E-state index contributed by atoms with van der Waals surface area (Å²) in [5.41, 5.74) is 8.19. The van der Waals surface area contributed by atoms with Crippen molar-refractivity contribution in [2.75, 3.05) is 13.1 Å². The molecule has 3 rings (SSSR count). The van der Waals surface area contributed by atoms with Crippen LogP contribution in [0.2, 0.25) is 0 Å². The zero-order valence-corrected chi connectivity index (χ0v) is 12.7. The van der Waals surface area contributed by atoms with E-state index in [-0.39, 0.29) is 18.0 Å². The van der Waals surface area contributed by atoms with E-state index < -0.39 is 0 Å². The van der Waals surface area contributed by atoms with Gasteiger partial charge in [0.15, 0.2) is 5.65 Å². The van der Waals surface area contributed by atoms with E-state index in [1.807, 2.05) is 22.6 Å². The van der Waals surface area contributed by atoms with Gasteiger partial charge in [-0.3, -0.25) is 4.79 Å². The molecule has 1 fully saturated rings. The SMILES string of the molecule is Cc1cc(C(=O)N2CC[C@@H](N)C2)c2cnn(C(C)C)c2n1. The number of amides is 1. The summed E-state index contributed by atoms with van der Waals surface area (Å²) in [7, 11) is 0. The summed E-state index contributed by atoms with van der Waals surface area (Å²) < 4.78 is 1.86. The van der Waals surface area contributed by atoms with E-state index in [1.165, 1.54) is 0 Å². The minimum Gasteiger partial charge on any atom is -0.337 e. The van der Waals surface area contributed by atoms with Gasteiger partial charge in [-0.05, 0) is 33.3 Å². The summed E-state index contributed by atoms with van der Waals surface area (Å²) in [6, 6.07) is 2.15. The number of nitrogens with two attached hydrogens (primary N) is 1. The van der Waals surface area contributed by atoms with E-state index >= 15 is 0 Å². The Balaban J connectivity index is 2.08. The third kappa shape index (κ3) is 2.40. The largest absolute Gasteiger partial charge is 0.337 e. The Kier molecular flexibility index (Phi) is 3.41. The molecule has 2 aromatic heterocycles. The van der Waals surface area contributed by atoms with Crippen molar-refractivity contribution in [3.8, 4) is 0 Å². The molecular weight excluding hydrogens is 266 g/mol. The number of fused-ring (bicyclic) bond motifs is 1. The number of carbonyl (C=O) groups is 1. The van der Waals surface area contributed by atoms with E-state index in [4.69, 9.17) is 5.73 Å². The normalized spacial score (nSPS) is 18.9. The molecule has 0 radical (unpaired) electrons. The van der Waals surface area contributed by atoms with E-state index in [0.717, 1.165) is 29.7 Å². The second-order valence-electron chi connectivity index (χ2n) is 6.03. The van der Waals surface area contributed by atoms with Gasteiger partial charge >= 0.3 is 0 Å². The van der Waals surface area contributed by atoms with Gasteiger partial charge in [0, 0.05) is 30.9 Å². The van der Waals surface area contributed by atoms with E-state index in [2.05, 4.69) is 23.9 Å². The molecular formula is C15H21N5O. The molecule has 1 saturated heterocycles. The van der Waals surface area contributed by atoms with Crippen molar-refractivity contribution in [3.63, 3.8) is 0 Å². The van der Waals surface area contributed by atoms with Crippen molar-refractivity contribution in [2.24, 2.45) is 5.73 Å². The van der Waals surface area contributed by atoms with Crippen molar-refractivity contribution in [1.29, 1.82) is 0 Å². The Bertz CT molecular complexity index is 691. The predicted molar refractivity (Wildman–Crippen MR) is 81.1 cm³/mol. The molecule has 0 saturated carbocycles. The molecule has 3 heterocycles. The zero-order valence-electron chi connectivity index (χ0n) is 12.7. The second kappa shape index (κ2) is 5.11. The van der Waals surface area contributed by atoms with Crippen LogP contribution >= 0.6 is 0 Å². The van der Waals surface area contributed by atoms with E-state index in [9.17, 15) is 4.79 Å². The van der Waals surface area contributed by atoms with Crippen LogP contribution in [0.25, 0.3) is 11.0 Å². The number of aromatic nitrogens is 3. The smallest absolute Gasteiger partial charge is 0.254 e. The maximum absolute atomic E-state index is 12.7. The maximum atomic E-state index is 12.7. The fourth-order valence-corrected chi connectivity index (χ4v) is 2.84. The number of aryl methyl sites for hydroxylation is 1. The molecule has 112 valence electrons. The molecule has 1 aliphatic heterocycles. The molecule has 2 N–H and O–H groups in total. The molecule has 0 spiro atoms. The number of likely N-dealkylation sites (tertiary alicyclic amines) is 1. The van der Waals surface area contributed by atoms with Gasteiger partial charge in [0.2, 0.25) is 0 Å². The molecule has 21 heavy (non-hydrogen) atoms. The van der Waals surface area contributed by atoms with Crippen LogP contribution in [0.4, 0.5) is 0 Å². The Morgan fingerprint density at radius 2 is 2.24 bits per heavy atom. The number of hydrogen-bond donors (Lipinski definition) is 1. The summed E-state index contributed by atoms with van der Waals surface area (Å²) >= 11 is 0. The Labute approximate surface area is 123 Å². The van der Waals surface area contributed by atoms with Gasteiger partial charge in [-0.2, -0.15) is 5.10 Å². The summed E-state index contributed by atoms with van der Waals surface area (Å²) in [4.78, 5) is 19.1. The molecule has 6 heteroatoms. The van der Waals surface area contributed by atoms with Crippen LogP contribution in [0.15, 0.2) is 12.3 Å². The van der Waals surface area contributed by atoms with Crippen LogP contribution < -0.4 is 5.73 Å². The van der Waals surface area contributed by atoms with Crippen LogP contribution in [-0.2, 0) is 0 Å². The lowest BCUT2D eigenvalue weighted by molar-refractivity contribution is 0.0792. The first-order valence-corrected chi connectivity index (χ1v) is 7.37. The van der Waals surface area contributed by atoms with Crippen LogP contribution in [0.1, 0.15) is 42.4 Å². The first kappa shape index (κ1) is 14.0. The predicted octanol–water partition coefficient (Wildman–Crippen LogP) is 1.49. The Morgan fingerprint density at radius 3 is 2.86 bits per heavy atom. The Hall–Kier alpha value is -1.95. The van der Waals surface area contributed by atoms with E-state index in [0.29, 0.717) is 12.1 Å². The quantitative estimate of drug-likeness (QED) is 0.908. The van der Waals surface area contributed by atoms with Gasteiger partial charge in [0.1, 0.15) is 0 Å². The fourth-order valence-electron chi connectivity index (χ4n) is 2.84. The van der Waals surface area contributed by atoms with Crippen LogP contribution in [0.3, 0.4) is 0 Å². The van der Waals surface area contributed by atoms with Crippen molar-refractivity contribution in [1.82, 2.24) is 19.7 Å². The first-order valence-electron chi connectivity index (χ1n) is 7.37. The summed E-state index contributed by atoms with van der Waals surface area (Å²) in [5.74, 6) is 0.0294. The average molecular weight is 287 g/mol. The maximum Gasteiger partial charge on any atom is 0.254 e. The molecule has 0 bridgehead atoms. The van der Waals surface area contributed by atoms with Crippen molar-refractivity contribution >= 4 is 16.9 Å². The molecule has 2 aromatic rings. The van der Waals surface area contributed by atoms with Crippen LogP contribution in [0, 0.1) is 6.92 Å². The minimum absolute atomic E-state index is 0.0294. The molecule has 1 atom stereocenters. The van der Waals surface area contributed by atoms with Crippen molar-refractivity contribution < 1.29 is 4.79 Å². The molecule has 0 unspecified atom stereocenters. The number of pyridine rings is 1. The van der Waals surface area contributed by atoms with Crippen LogP contribution in [0.5, 0.6) is 0 Å². The van der Waals surface area contributed by atoms with E-state index in [1.54, 1.807) is 6.20 Å².